The highest BCUT2D eigenvalue weighted by Crippen LogP contribution is 2.34. The Morgan fingerprint density at radius 2 is 1.86 bits per heavy atom. The van der Waals surface area contributed by atoms with E-state index in [9.17, 15) is 14.9 Å². The smallest absolute Gasteiger partial charge is 0.286 e. The van der Waals surface area contributed by atoms with Crippen molar-refractivity contribution in [2.24, 2.45) is 0 Å². The second-order valence-corrected chi connectivity index (χ2v) is 6.63. The standard InChI is InChI=1S/C21H27N3O5/c1-5-29-20-13-17(18(24(26)27)14-19(20)28-4)21(25)22-12-6-7-15-8-10-16(11-9-15)23(2)3/h8-11,13-14H,5-7,12H2,1-4H3,(H,22,25). The second kappa shape index (κ2) is 10.3. The van der Waals surface area contributed by atoms with Gasteiger partial charge in [-0.05, 0) is 37.5 Å². The maximum atomic E-state index is 12.5. The predicted octanol–water partition coefficient (Wildman–Crippen LogP) is 3.43. The number of anilines is 1. The van der Waals surface area contributed by atoms with Gasteiger partial charge in [0.05, 0.1) is 24.7 Å². The van der Waals surface area contributed by atoms with Gasteiger partial charge in [-0.1, -0.05) is 12.1 Å². The average Bonchev–Trinajstić information content (AvgIpc) is 2.71. The van der Waals surface area contributed by atoms with Crippen LogP contribution in [0.15, 0.2) is 36.4 Å². The van der Waals surface area contributed by atoms with E-state index in [1.54, 1.807) is 6.92 Å². The lowest BCUT2D eigenvalue weighted by atomic mass is 10.1. The van der Waals surface area contributed by atoms with Gasteiger partial charge in [-0.2, -0.15) is 0 Å². The van der Waals surface area contributed by atoms with Gasteiger partial charge in [-0.25, -0.2) is 0 Å². The molecule has 0 bridgehead atoms. The number of ether oxygens (including phenoxy) is 2. The highest BCUT2D eigenvalue weighted by Gasteiger charge is 2.24. The summed E-state index contributed by atoms with van der Waals surface area (Å²) in [4.78, 5) is 25.4. The number of benzene rings is 2. The third-order valence-corrected chi connectivity index (χ3v) is 4.40. The number of carbonyl (C=O) groups excluding carboxylic acids is 1. The van der Waals surface area contributed by atoms with Crippen molar-refractivity contribution >= 4 is 17.3 Å². The number of methoxy groups -OCH3 is 1. The van der Waals surface area contributed by atoms with Gasteiger partial charge < -0.3 is 19.7 Å². The molecule has 0 spiro atoms. The molecule has 0 atom stereocenters. The number of aryl methyl sites for hydroxylation is 1. The molecule has 0 aromatic heterocycles. The van der Waals surface area contributed by atoms with Crippen LogP contribution in [0, 0.1) is 10.1 Å². The maximum absolute atomic E-state index is 12.5. The lowest BCUT2D eigenvalue weighted by molar-refractivity contribution is -0.385. The van der Waals surface area contributed by atoms with Crippen molar-refractivity contribution in [1.29, 1.82) is 0 Å². The number of nitro groups is 1. The van der Waals surface area contributed by atoms with E-state index >= 15 is 0 Å². The number of hydrogen-bond acceptors (Lipinski definition) is 6. The van der Waals surface area contributed by atoms with Gasteiger partial charge in [-0.15, -0.1) is 0 Å². The zero-order valence-electron chi connectivity index (χ0n) is 17.2. The molecule has 1 N–H and O–H groups in total. The summed E-state index contributed by atoms with van der Waals surface area (Å²) in [6.45, 7) is 2.54. The van der Waals surface area contributed by atoms with Crippen molar-refractivity contribution in [2.75, 3.05) is 39.3 Å². The highest BCUT2D eigenvalue weighted by atomic mass is 16.6. The Morgan fingerprint density at radius 1 is 1.17 bits per heavy atom. The Bertz CT molecular complexity index is 850. The normalized spacial score (nSPS) is 10.3. The molecule has 29 heavy (non-hydrogen) atoms. The molecule has 156 valence electrons. The molecule has 8 nitrogen and oxygen atoms in total. The van der Waals surface area contributed by atoms with E-state index in [1.165, 1.54) is 24.8 Å². The monoisotopic (exact) mass is 401 g/mol. The summed E-state index contributed by atoms with van der Waals surface area (Å²) >= 11 is 0. The van der Waals surface area contributed by atoms with Gasteiger partial charge >= 0.3 is 0 Å². The highest BCUT2D eigenvalue weighted by molar-refractivity contribution is 5.99. The Balaban J connectivity index is 2.02. The van der Waals surface area contributed by atoms with Crippen LogP contribution in [-0.2, 0) is 6.42 Å². The molecule has 2 rings (SSSR count). The Kier molecular flexibility index (Phi) is 7.82. The third kappa shape index (κ3) is 5.84. The van der Waals surface area contributed by atoms with Crippen LogP contribution in [0.3, 0.4) is 0 Å². The van der Waals surface area contributed by atoms with E-state index in [2.05, 4.69) is 17.4 Å². The Hall–Kier alpha value is -3.29. The number of nitro benzene ring substituents is 1. The van der Waals surface area contributed by atoms with Gasteiger partial charge in [0.25, 0.3) is 11.6 Å². The number of amides is 1. The molecule has 0 aliphatic heterocycles. The fraction of sp³-hybridized carbons (Fsp3) is 0.381. The molecule has 1 amide bonds. The van der Waals surface area contributed by atoms with Crippen LogP contribution in [-0.4, -0.2) is 45.2 Å². The topological polar surface area (TPSA) is 93.9 Å². The van der Waals surface area contributed by atoms with Crippen LogP contribution in [0.1, 0.15) is 29.3 Å². The van der Waals surface area contributed by atoms with Crippen molar-refractivity contribution in [1.82, 2.24) is 5.32 Å². The molecule has 0 heterocycles. The summed E-state index contributed by atoms with van der Waals surface area (Å²) in [6.07, 6.45) is 1.51. The van der Waals surface area contributed by atoms with Crippen molar-refractivity contribution < 1.29 is 19.2 Å². The van der Waals surface area contributed by atoms with Gasteiger partial charge in [-0.3, -0.25) is 14.9 Å². The van der Waals surface area contributed by atoms with Crippen molar-refractivity contribution in [3.05, 3.63) is 57.6 Å². The Labute approximate surface area is 170 Å². The van der Waals surface area contributed by atoms with Crippen molar-refractivity contribution in [3.8, 4) is 11.5 Å². The van der Waals surface area contributed by atoms with Crippen LogP contribution in [0.5, 0.6) is 11.5 Å². The number of carbonyl (C=O) groups is 1. The molecule has 0 aliphatic rings. The predicted molar refractivity (Wildman–Crippen MR) is 112 cm³/mol. The summed E-state index contributed by atoms with van der Waals surface area (Å²) in [5.74, 6) is 0.00580. The van der Waals surface area contributed by atoms with Gasteiger partial charge in [0, 0.05) is 32.4 Å². The van der Waals surface area contributed by atoms with Gasteiger partial charge in [0.2, 0.25) is 0 Å². The van der Waals surface area contributed by atoms with E-state index in [0.717, 1.165) is 18.5 Å². The van der Waals surface area contributed by atoms with E-state index < -0.39 is 10.8 Å². The second-order valence-electron chi connectivity index (χ2n) is 6.63. The molecule has 0 saturated heterocycles. The first-order valence-electron chi connectivity index (χ1n) is 9.41. The van der Waals surface area contributed by atoms with Crippen LogP contribution < -0.4 is 19.7 Å². The van der Waals surface area contributed by atoms with Crippen LogP contribution >= 0.6 is 0 Å². The number of nitrogens with one attached hydrogen (secondary N) is 1. The fourth-order valence-corrected chi connectivity index (χ4v) is 2.86. The molecule has 0 radical (unpaired) electrons. The maximum Gasteiger partial charge on any atom is 0.286 e. The molecule has 8 heteroatoms. The fourth-order valence-electron chi connectivity index (χ4n) is 2.86. The van der Waals surface area contributed by atoms with Crippen LogP contribution in [0.25, 0.3) is 0 Å². The molecular weight excluding hydrogens is 374 g/mol. The first-order chi connectivity index (χ1) is 13.9. The average molecular weight is 401 g/mol. The summed E-state index contributed by atoms with van der Waals surface area (Å²) in [6, 6.07) is 10.8. The SMILES string of the molecule is CCOc1cc(C(=O)NCCCc2ccc(N(C)C)cc2)c([N+](=O)[O-])cc1OC. The summed E-state index contributed by atoms with van der Waals surface area (Å²) in [7, 11) is 5.37. The largest absolute Gasteiger partial charge is 0.493 e. The number of hydrogen-bond donors (Lipinski definition) is 1. The molecule has 2 aromatic carbocycles. The zero-order chi connectivity index (χ0) is 21.4. The van der Waals surface area contributed by atoms with Crippen molar-refractivity contribution in [3.63, 3.8) is 0 Å². The van der Waals surface area contributed by atoms with E-state index in [1.807, 2.05) is 31.1 Å². The molecule has 0 aliphatic carbocycles. The lowest BCUT2D eigenvalue weighted by Crippen LogP contribution is -2.25. The van der Waals surface area contributed by atoms with Gasteiger partial charge in [0.15, 0.2) is 11.5 Å². The molecule has 0 unspecified atom stereocenters. The summed E-state index contributed by atoms with van der Waals surface area (Å²) < 4.78 is 10.6. The summed E-state index contributed by atoms with van der Waals surface area (Å²) in [5.41, 5.74) is 1.93. The van der Waals surface area contributed by atoms with Crippen LogP contribution in [0.4, 0.5) is 11.4 Å². The van der Waals surface area contributed by atoms with Crippen molar-refractivity contribution in [2.45, 2.75) is 19.8 Å². The molecular formula is C21H27N3O5. The summed E-state index contributed by atoms with van der Waals surface area (Å²) in [5, 5.41) is 14.1. The quantitative estimate of drug-likeness (QED) is 0.372. The van der Waals surface area contributed by atoms with E-state index in [-0.39, 0.29) is 17.0 Å². The molecule has 2 aromatic rings. The minimum absolute atomic E-state index is 0.0467. The number of rotatable bonds is 10. The van der Waals surface area contributed by atoms with E-state index in [0.29, 0.717) is 18.9 Å². The third-order valence-electron chi connectivity index (χ3n) is 4.40. The van der Waals surface area contributed by atoms with E-state index in [4.69, 9.17) is 9.47 Å². The minimum atomic E-state index is -0.598. The lowest BCUT2D eigenvalue weighted by Gasteiger charge is -2.13. The van der Waals surface area contributed by atoms with Gasteiger partial charge in [0.1, 0.15) is 5.56 Å². The minimum Gasteiger partial charge on any atom is -0.493 e. The molecule has 0 fully saturated rings. The molecule has 0 saturated carbocycles. The van der Waals surface area contributed by atoms with Crippen LogP contribution in [0.2, 0.25) is 0 Å². The first kappa shape index (κ1) is 22.0. The number of nitrogens with zero attached hydrogens (tertiary/aromatic N) is 2. The first-order valence-corrected chi connectivity index (χ1v) is 9.41. The zero-order valence-corrected chi connectivity index (χ0v) is 17.2. The Morgan fingerprint density at radius 3 is 2.41 bits per heavy atom.